The topological polar surface area (TPSA) is 108 Å². The number of aromatic nitrogens is 3. The van der Waals surface area contributed by atoms with E-state index in [1.807, 2.05) is 4.68 Å². The molecule has 4 aromatic rings. The molecule has 0 spiro atoms. The summed E-state index contributed by atoms with van der Waals surface area (Å²) in [7, 11) is -3.79. The summed E-state index contributed by atoms with van der Waals surface area (Å²) in [6, 6.07) is 12.7. The Morgan fingerprint density at radius 3 is 2.40 bits per heavy atom. The molecule has 2 N–H and O–H groups in total. The van der Waals surface area contributed by atoms with Gasteiger partial charge in [-0.2, -0.15) is 5.10 Å². The molecule has 7 nitrogen and oxygen atoms in total. The number of hydrogen-bond donors (Lipinski definition) is 1. The number of halogens is 1. The Hall–Kier alpha value is -3.21. The van der Waals surface area contributed by atoms with Crippen molar-refractivity contribution in [3.63, 3.8) is 0 Å². The smallest absolute Gasteiger partial charge is 0.238 e. The van der Waals surface area contributed by atoms with Crippen LogP contribution in [0.5, 0.6) is 0 Å². The van der Waals surface area contributed by atoms with Gasteiger partial charge >= 0.3 is 0 Å². The molecule has 1 fully saturated rings. The van der Waals surface area contributed by atoms with Gasteiger partial charge in [0.15, 0.2) is 5.78 Å². The number of thiazole rings is 1. The summed E-state index contributed by atoms with van der Waals surface area (Å²) in [6.45, 7) is 1.48. The van der Waals surface area contributed by atoms with Crippen molar-refractivity contribution >= 4 is 27.1 Å². The number of Topliss-reactive ketones (excluding diaryl/α,β-unsaturated/α-hetero) is 1. The Kier molecular flexibility index (Phi) is 6.12. The van der Waals surface area contributed by atoms with Crippen LogP contribution in [0.4, 0.5) is 4.39 Å². The number of carbonyl (C=O) groups is 1. The van der Waals surface area contributed by atoms with Crippen LogP contribution in [0.25, 0.3) is 16.4 Å². The van der Waals surface area contributed by atoms with Crippen LogP contribution in [-0.2, 0) is 22.9 Å². The monoisotopic (exact) mass is 510 g/mol. The number of benzene rings is 2. The lowest BCUT2D eigenvalue weighted by Crippen LogP contribution is -2.12. The molecule has 0 aliphatic heterocycles. The zero-order valence-corrected chi connectivity index (χ0v) is 20.6. The van der Waals surface area contributed by atoms with Gasteiger partial charge in [-0.15, -0.1) is 11.3 Å². The van der Waals surface area contributed by atoms with Crippen LogP contribution in [0.1, 0.15) is 47.1 Å². The normalized spacial score (nSPS) is 13.8. The van der Waals surface area contributed by atoms with Gasteiger partial charge in [0, 0.05) is 29.9 Å². The van der Waals surface area contributed by atoms with Crippen LogP contribution >= 0.6 is 11.3 Å². The zero-order chi connectivity index (χ0) is 24.7. The van der Waals surface area contributed by atoms with Crippen LogP contribution in [-0.4, -0.2) is 29.0 Å². The minimum Gasteiger partial charge on any atom is -0.293 e. The van der Waals surface area contributed by atoms with Gasteiger partial charge in [0.2, 0.25) is 15.2 Å². The van der Waals surface area contributed by atoms with Gasteiger partial charge in [0.25, 0.3) is 0 Å². The number of sulfonamides is 1. The summed E-state index contributed by atoms with van der Waals surface area (Å²) in [5.74, 6) is 0.0946. The van der Waals surface area contributed by atoms with E-state index in [-0.39, 0.29) is 16.5 Å². The fourth-order valence-corrected chi connectivity index (χ4v) is 5.35. The van der Waals surface area contributed by atoms with Crippen LogP contribution in [0.15, 0.2) is 58.8 Å². The fraction of sp³-hybridized carbons (Fsp3) is 0.240. The van der Waals surface area contributed by atoms with Crippen molar-refractivity contribution in [1.82, 2.24) is 14.8 Å². The van der Waals surface area contributed by atoms with Crippen LogP contribution < -0.4 is 5.14 Å². The van der Waals surface area contributed by atoms with E-state index in [0.717, 1.165) is 41.6 Å². The number of nitrogens with zero attached hydrogens (tertiary/aromatic N) is 3. The van der Waals surface area contributed by atoms with Crippen molar-refractivity contribution in [1.29, 1.82) is 0 Å². The fourth-order valence-electron chi connectivity index (χ4n) is 4.00. The van der Waals surface area contributed by atoms with Gasteiger partial charge in [-0.1, -0.05) is 12.1 Å². The predicted octanol–water partition coefficient (Wildman–Crippen LogP) is 4.53. The van der Waals surface area contributed by atoms with Gasteiger partial charge in [0.1, 0.15) is 11.5 Å². The minimum atomic E-state index is -3.79. The Bertz CT molecular complexity index is 1500. The number of hydrogen-bond acceptors (Lipinski definition) is 6. The van der Waals surface area contributed by atoms with E-state index in [2.05, 4.69) is 4.98 Å². The number of carbonyl (C=O) groups excluding carboxylic acids is 1. The number of rotatable bonds is 8. The highest BCUT2D eigenvalue weighted by Gasteiger charge is 2.29. The predicted molar refractivity (Wildman–Crippen MR) is 132 cm³/mol. The lowest BCUT2D eigenvalue weighted by molar-refractivity contribution is 0.101. The maximum atomic E-state index is 13.7. The molecule has 35 heavy (non-hydrogen) atoms. The lowest BCUT2D eigenvalue weighted by atomic mass is 9.97. The molecule has 2 heterocycles. The molecule has 10 heteroatoms. The van der Waals surface area contributed by atoms with Crippen molar-refractivity contribution < 1.29 is 17.6 Å². The van der Waals surface area contributed by atoms with Crippen molar-refractivity contribution in [2.24, 2.45) is 11.1 Å². The van der Waals surface area contributed by atoms with Crippen LogP contribution in [0.3, 0.4) is 0 Å². The lowest BCUT2D eigenvalue weighted by Gasteiger charge is -2.09. The van der Waals surface area contributed by atoms with E-state index in [4.69, 9.17) is 10.2 Å². The average Bonchev–Trinajstić information content (AvgIpc) is 3.37. The first-order valence-corrected chi connectivity index (χ1v) is 13.6. The van der Waals surface area contributed by atoms with Gasteiger partial charge in [-0.05, 0) is 67.1 Å². The van der Waals surface area contributed by atoms with Crippen molar-refractivity contribution in [3.05, 3.63) is 82.2 Å². The molecule has 1 saturated carbocycles. The van der Waals surface area contributed by atoms with Gasteiger partial charge < -0.3 is 0 Å². The molecule has 0 radical (unpaired) electrons. The Morgan fingerprint density at radius 1 is 1.14 bits per heavy atom. The van der Waals surface area contributed by atoms with E-state index in [1.54, 1.807) is 29.6 Å². The molecule has 0 atom stereocenters. The average molecular weight is 511 g/mol. The van der Waals surface area contributed by atoms with E-state index in [1.165, 1.54) is 42.5 Å². The third kappa shape index (κ3) is 5.09. The molecule has 0 saturated heterocycles. The second-order valence-electron chi connectivity index (χ2n) is 8.78. The highest BCUT2D eigenvalue weighted by atomic mass is 32.2. The molecule has 1 aliphatic carbocycles. The van der Waals surface area contributed by atoms with Crippen molar-refractivity contribution in [2.75, 3.05) is 0 Å². The molecule has 0 amide bonds. The molecule has 2 aromatic carbocycles. The van der Waals surface area contributed by atoms with Crippen LogP contribution in [0.2, 0.25) is 0 Å². The highest BCUT2D eigenvalue weighted by Crippen LogP contribution is 2.38. The molecule has 180 valence electrons. The number of primary sulfonamides is 1. The summed E-state index contributed by atoms with van der Waals surface area (Å²) in [4.78, 5) is 16.4. The van der Waals surface area contributed by atoms with Gasteiger partial charge in [-0.25, -0.2) is 27.6 Å². The van der Waals surface area contributed by atoms with Crippen molar-refractivity contribution in [3.8, 4) is 16.4 Å². The second kappa shape index (κ2) is 9.10. The van der Waals surface area contributed by atoms with Gasteiger partial charge in [-0.3, -0.25) is 4.79 Å². The maximum absolute atomic E-state index is 13.7. The summed E-state index contributed by atoms with van der Waals surface area (Å²) in [5, 5.41) is 12.5. The first-order chi connectivity index (χ1) is 16.7. The summed E-state index contributed by atoms with van der Waals surface area (Å²) in [6.07, 6.45) is 3.56. The zero-order valence-electron chi connectivity index (χ0n) is 18.9. The quantitative estimate of drug-likeness (QED) is 0.351. The van der Waals surface area contributed by atoms with E-state index in [0.29, 0.717) is 28.9 Å². The first kappa shape index (κ1) is 23.5. The number of nitrogens with two attached hydrogens (primary N) is 1. The molecular weight excluding hydrogens is 487 g/mol. The molecular formula is C25H23FN4O3S2. The first-order valence-electron chi connectivity index (χ1n) is 11.1. The molecule has 0 unspecified atom stereocenters. The maximum Gasteiger partial charge on any atom is 0.238 e. The number of ketones is 1. The van der Waals surface area contributed by atoms with E-state index < -0.39 is 10.0 Å². The summed E-state index contributed by atoms with van der Waals surface area (Å²) in [5.41, 5.74) is 4.71. The third-order valence-electron chi connectivity index (χ3n) is 6.05. The summed E-state index contributed by atoms with van der Waals surface area (Å²) < 4.78 is 38.8. The largest absolute Gasteiger partial charge is 0.293 e. The molecule has 1 aliphatic rings. The molecule has 2 aromatic heterocycles. The molecule has 5 rings (SSSR count). The van der Waals surface area contributed by atoms with Gasteiger partial charge in [0.05, 0.1) is 16.3 Å². The Morgan fingerprint density at radius 2 is 1.83 bits per heavy atom. The third-order valence-corrected chi connectivity index (χ3v) is 7.80. The summed E-state index contributed by atoms with van der Waals surface area (Å²) >= 11 is 1.35. The second-order valence-corrected chi connectivity index (χ2v) is 11.2. The highest BCUT2D eigenvalue weighted by molar-refractivity contribution is 7.89. The van der Waals surface area contributed by atoms with E-state index in [9.17, 15) is 17.6 Å². The minimum absolute atomic E-state index is 0.0495. The van der Waals surface area contributed by atoms with Crippen LogP contribution in [0, 0.1) is 11.7 Å². The Balaban J connectivity index is 1.65. The Labute approximate surface area is 206 Å². The standard InChI is InChI=1S/C25H23FN4O3S2/c1-15(31)22-14-34-25(28-22)30-23(13-17-2-3-17)21(24(29-30)18-6-8-19(26)9-7-18)12-16-4-10-20(11-5-16)35(27,32)33/h4-11,14,17H,2-3,12-13H2,1H3,(H2,27,32,33). The SMILES string of the molecule is CC(=O)c1csc(-n2nc(-c3ccc(F)cc3)c(Cc3ccc(S(N)(=O)=O)cc3)c2CC2CC2)n1. The molecule has 0 bridgehead atoms. The van der Waals surface area contributed by atoms with E-state index >= 15 is 0 Å². The van der Waals surface area contributed by atoms with Crippen molar-refractivity contribution in [2.45, 2.75) is 37.5 Å².